The van der Waals surface area contributed by atoms with E-state index in [0.29, 0.717) is 24.0 Å². The Bertz CT molecular complexity index is 914. The Morgan fingerprint density at radius 2 is 1.81 bits per heavy atom. The van der Waals surface area contributed by atoms with E-state index in [9.17, 15) is 0 Å². The molecule has 2 saturated heterocycles. The first kappa shape index (κ1) is 19.4. The van der Waals surface area contributed by atoms with Crippen molar-refractivity contribution in [3.63, 3.8) is 0 Å². The highest BCUT2D eigenvalue weighted by Crippen LogP contribution is 2.40. The van der Waals surface area contributed by atoms with Crippen LogP contribution >= 0.6 is 0 Å². The fourth-order valence-electron chi connectivity index (χ4n) is 5.90. The molecule has 31 heavy (non-hydrogen) atoms. The van der Waals surface area contributed by atoms with E-state index in [1.165, 1.54) is 42.8 Å². The maximum atomic E-state index is 5.90. The highest BCUT2D eigenvalue weighted by molar-refractivity contribution is 5.54. The molecule has 0 unspecified atom stereocenters. The molecule has 2 aromatic rings. The average Bonchev–Trinajstić information content (AvgIpc) is 2.83. The van der Waals surface area contributed by atoms with Crippen LogP contribution < -0.4 is 10.2 Å². The third kappa shape index (κ3) is 3.77. The van der Waals surface area contributed by atoms with Crippen LogP contribution in [0.2, 0.25) is 0 Å². The zero-order valence-electron chi connectivity index (χ0n) is 18.2. The van der Waals surface area contributed by atoms with Gasteiger partial charge in [-0.05, 0) is 63.9 Å². The van der Waals surface area contributed by atoms with Gasteiger partial charge in [-0.3, -0.25) is 0 Å². The van der Waals surface area contributed by atoms with E-state index in [1.807, 2.05) is 18.5 Å². The average molecular weight is 421 g/mol. The predicted molar refractivity (Wildman–Crippen MR) is 119 cm³/mol. The number of hydrogen-bond acceptors (Lipinski definition) is 7. The number of anilines is 2. The molecule has 2 aliphatic heterocycles. The topological polar surface area (TPSA) is 76.1 Å². The number of nitrogens with zero attached hydrogens (tertiary/aromatic N) is 5. The fourth-order valence-corrected chi connectivity index (χ4v) is 5.90. The van der Waals surface area contributed by atoms with Crippen LogP contribution in [0.3, 0.4) is 0 Å². The number of aryl methyl sites for hydroxylation is 1. The molecule has 1 saturated carbocycles. The van der Waals surface area contributed by atoms with Gasteiger partial charge in [0.2, 0.25) is 5.95 Å². The molecule has 1 N–H and O–H groups in total. The minimum absolute atomic E-state index is 0.447. The minimum Gasteiger partial charge on any atom is -0.378 e. The number of nitrogens with one attached hydrogen (secondary N) is 1. The molecule has 7 nitrogen and oxygen atoms in total. The summed E-state index contributed by atoms with van der Waals surface area (Å²) in [5.74, 6) is 4.07. The van der Waals surface area contributed by atoms with E-state index in [1.54, 1.807) is 0 Å². The van der Waals surface area contributed by atoms with Gasteiger partial charge in [0.1, 0.15) is 11.6 Å². The number of piperidine rings is 1. The van der Waals surface area contributed by atoms with Crippen molar-refractivity contribution in [2.24, 2.45) is 5.92 Å². The number of aromatic nitrogens is 4. The summed E-state index contributed by atoms with van der Waals surface area (Å²) < 4.78 is 5.90. The van der Waals surface area contributed by atoms with Crippen LogP contribution in [0.5, 0.6) is 0 Å². The van der Waals surface area contributed by atoms with Crippen molar-refractivity contribution in [3.8, 4) is 0 Å². The smallest absolute Gasteiger partial charge is 0.225 e. The number of ether oxygens (including phenoxy) is 1. The van der Waals surface area contributed by atoms with Crippen LogP contribution in [-0.4, -0.2) is 51.8 Å². The molecular weight excluding hydrogens is 388 g/mol. The van der Waals surface area contributed by atoms with Crippen molar-refractivity contribution in [3.05, 3.63) is 35.5 Å². The lowest BCUT2D eigenvalue weighted by molar-refractivity contribution is -0.0898. The molecule has 2 aliphatic carbocycles. The molecule has 6 rings (SSSR count). The van der Waals surface area contributed by atoms with E-state index in [2.05, 4.69) is 20.2 Å². The molecule has 7 heteroatoms. The van der Waals surface area contributed by atoms with Gasteiger partial charge >= 0.3 is 0 Å². The highest BCUT2D eigenvalue weighted by atomic mass is 16.5. The van der Waals surface area contributed by atoms with Crippen molar-refractivity contribution in [2.75, 3.05) is 29.9 Å². The number of rotatable bonds is 4. The number of fused-ring (bicyclic) bond motifs is 2. The standard InChI is InChI=1S/C24H32N6O/c1-2-7-19-18(5-1)23(30-12-8-16(9-13-30)22-25-10-4-11-26-22)29-24(27-19)28-20-15-21-17(20)6-3-14-31-21/h4,10-11,16-17,20-21H,1-3,5-9,12-15H2,(H,27,28,29)/t17-,20-,21+/m1/s1. The second-order valence-electron chi connectivity index (χ2n) is 9.57. The van der Waals surface area contributed by atoms with Gasteiger partial charge in [-0.2, -0.15) is 4.98 Å². The first-order valence-electron chi connectivity index (χ1n) is 12.1. The SMILES string of the molecule is c1cnc(C2CCN(c3nc(N[C@@H]4C[C@@H]5OCCC[C@@H]54)nc4c3CCCC4)CC2)nc1. The summed E-state index contributed by atoms with van der Waals surface area (Å²) in [4.78, 5) is 21.6. The third-order valence-corrected chi connectivity index (χ3v) is 7.72. The second kappa shape index (κ2) is 8.34. The molecule has 0 bridgehead atoms. The second-order valence-corrected chi connectivity index (χ2v) is 9.57. The van der Waals surface area contributed by atoms with Gasteiger partial charge in [0.15, 0.2) is 0 Å². The van der Waals surface area contributed by atoms with Gasteiger partial charge in [-0.25, -0.2) is 15.0 Å². The Labute approximate surface area is 184 Å². The summed E-state index contributed by atoms with van der Waals surface area (Å²) in [6.07, 6.45) is 14.5. The Morgan fingerprint density at radius 3 is 2.65 bits per heavy atom. The van der Waals surface area contributed by atoms with Gasteiger partial charge in [-0.15, -0.1) is 0 Å². The van der Waals surface area contributed by atoms with Crippen molar-refractivity contribution >= 4 is 11.8 Å². The minimum atomic E-state index is 0.447. The summed E-state index contributed by atoms with van der Waals surface area (Å²) in [6.45, 7) is 2.94. The maximum Gasteiger partial charge on any atom is 0.225 e. The molecule has 164 valence electrons. The predicted octanol–water partition coefficient (Wildman–Crippen LogP) is 3.51. The Hall–Kier alpha value is -2.28. The van der Waals surface area contributed by atoms with Gasteiger partial charge in [0.05, 0.1) is 11.8 Å². The molecule has 0 aromatic carbocycles. The maximum absolute atomic E-state index is 5.90. The first-order valence-corrected chi connectivity index (χ1v) is 12.1. The zero-order valence-corrected chi connectivity index (χ0v) is 18.2. The van der Waals surface area contributed by atoms with Gasteiger partial charge in [-0.1, -0.05) is 0 Å². The molecule has 4 heterocycles. The Kier molecular flexibility index (Phi) is 5.22. The quantitative estimate of drug-likeness (QED) is 0.811. The monoisotopic (exact) mass is 420 g/mol. The van der Waals surface area contributed by atoms with E-state index >= 15 is 0 Å². The lowest BCUT2D eigenvalue weighted by Gasteiger charge is -2.47. The van der Waals surface area contributed by atoms with E-state index in [-0.39, 0.29) is 0 Å². The van der Waals surface area contributed by atoms with E-state index in [0.717, 1.165) is 63.6 Å². The van der Waals surface area contributed by atoms with Crippen LogP contribution in [0.25, 0.3) is 0 Å². The van der Waals surface area contributed by atoms with Crippen molar-refractivity contribution in [2.45, 2.75) is 75.9 Å². The first-order chi connectivity index (χ1) is 15.3. The van der Waals surface area contributed by atoms with Crippen LogP contribution in [0, 0.1) is 5.92 Å². The van der Waals surface area contributed by atoms with Crippen LogP contribution in [-0.2, 0) is 17.6 Å². The van der Waals surface area contributed by atoms with Crippen LogP contribution in [0.1, 0.15) is 67.9 Å². The van der Waals surface area contributed by atoms with E-state index < -0.39 is 0 Å². The summed E-state index contributed by atoms with van der Waals surface area (Å²) in [5, 5.41) is 3.69. The Balaban J connectivity index is 1.20. The van der Waals surface area contributed by atoms with Crippen LogP contribution in [0.15, 0.2) is 18.5 Å². The summed E-state index contributed by atoms with van der Waals surface area (Å²) in [6, 6.07) is 2.35. The molecule has 4 aliphatic rings. The largest absolute Gasteiger partial charge is 0.378 e. The molecule has 0 radical (unpaired) electrons. The lowest BCUT2D eigenvalue weighted by Crippen LogP contribution is -2.53. The van der Waals surface area contributed by atoms with Crippen molar-refractivity contribution < 1.29 is 4.74 Å². The molecule has 0 amide bonds. The van der Waals surface area contributed by atoms with Crippen LogP contribution in [0.4, 0.5) is 11.8 Å². The van der Waals surface area contributed by atoms with Gasteiger partial charge < -0.3 is 15.0 Å². The van der Waals surface area contributed by atoms with Gasteiger partial charge in [0, 0.05) is 55.5 Å². The number of hydrogen-bond donors (Lipinski definition) is 1. The fraction of sp³-hybridized carbons (Fsp3) is 0.667. The molecule has 0 spiro atoms. The highest BCUT2D eigenvalue weighted by Gasteiger charge is 2.43. The third-order valence-electron chi connectivity index (χ3n) is 7.72. The normalized spacial score (nSPS) is 28.4. The Morgan fingerprint density at radius 1 is 0.968 bits per heavy atom. The molecule has 3 atom stereocenters. The lowest BCUT2D eigenvalue weighted by atomic mass is 9.72. The van der Waals surface area contributed by atoms with E-state index in [4.69, 9.17) is 14.7 Å². The zero-order chi connectivity index (χ0) is 20.6. The van der Waals surface area contributed by atoms with Crippen molar-refractivity contribution in [1.29, 1.82) is 0 Å². The molecule has 2 aromatic heterocycles. The molecular formula is C24H32N6O. The summed E-state index contributed by atoms with van der Waals surface area (Å²) in [7, 11) is 0. The molecule has 3 fully saturated rings. The van der Waals surface area contributed by atoms with Gasteiger partial charge in [0.25, 0.3) is 0 Å². The summed E-state index contributed by atoms with van der Waals surface area (Å²) in [5.41, 5.74) is 2.65. The van der Waals surface area contributed by atoms with Crippen molar-refractivity contribution in [1.82, 2.24) is 19.9 Å². The summed E-state index contributed by atoms with van der Waals surface area (Å²) >= 11 is 0.